The largest absolute Gasteiger partial charge is 0.158 e. The van der Waals surface area contributed by atoms with Crippen LogP contribution < -0.4 is 0 Å². The molecule has 0 N–H and O–H groups in total. The summed E-state index contributed by atoms with van der Waals surface area (Å²) in [7, 11) is 0. The van der Waals surface area contributed by atoms with E-state index in [2.05, 4.69) is 64.8 Å². The van der Waals surface area contributed by atoms with Gasteiger partial charge in [0.1, 0.15) is 5.69 Å². The highest BCUT2D eigenvalue weighted by Crippen LogP contribution is 2.31. The Balaban J connectivity index is 2.12. The van der Waals surface area contributed by atoms with Crippen molar-refractivity contribution < 1.29 is 0 Å². The third kappa shape index (κ3) is 1.66. The molecule has 0 fully saturated rings. The standard InChI is InChI=1S/C18H12N2/c1-3-9-15-13(6-1)8-5-11-17(15)18-16-10-4-2-7-14(16)12-19-20-18/h1-12H. The van der Waals surface area contributed by atoms with Gasteiger partial charge in [0.25, 0.3) is 0 Å². The molecule has 20 heavy (non-hydrogen) atoms. The minimum Gasteiger partial charge on any atom is -0.158 e. The van der Waals surface area contributed by atoms with Crippen molar-refractivity contribution in [1.29, 1.82) is 0 Å². The van der Waals surface area contributed by atoms with Crippen LogP contribution in [0.2, 0.25) is 0 Å². The molecule has 0 saturated carbocycles. The van der Waals surface area contributed by atoms with Crippen molar-refractivity contribution in [2.75, 3.05) is 0 Å². The smallest absolute Gasteiger partial charge is 0.101 e. The van der Waals surface area contributed by atoms with Crippen molar-refractivity contribution in [3.63, 3.8) is 0 Å². The van der Waals surface area contributed by atoms with E-state index in [1.807, 2.05) is 18.3 Å². The van der Waals surface area contributed by atoms with E-state index in [0.29, 0.717) is 0 Å². The van der Waals surface area contributed by atoms with E-state index in [1.54, 1.807) is 0 Å². The molecule has 0 aliphatic heterocycles. The average molecular weight is 256 g/mol. The molecule has 2 heteroatoms. The zero-order valence-electron chi connectivity index (χ0n) is 10.8. The topological polar surface area (TPSA) is 25.8 Å². The number of aromatic nitrogens is 2. The maximum absolute atomic E-state index is 4.38. The second kappa shape index (κ2) is 4.42. The SMILES string of the molecule is c1ccc2c(-c3nncc4ccccc34)cccc2c1. The quantitative estimate of drug-likeness (QED) is 0.503. The molecule has 4 rings (SSSR count). The first-order valence-electron chi connectivity index (χ1n) is 6.62. The molecule has 0 aliphatic carbocycles. The summed E-state index contributed by atoms with van der Waals surface area (Å²) in [6, 6.07) is 22.9. The van der Waals surface area contributed by atoms with Crippen LogP contribution in [-0.4, -0.2) is 10.2 Å². The van der Waals surface area contributed by atoms with Gasteiger partial charge >= 0.3 is 0 Å². The third-order valence-electron chi connectivity index (χ3n) is 3.62. The van der Waals surface area contributed by atoms with E-state index >= 15 is 0 Å². The van der Waals surface area contributed by atoms with Gasteiger partial charge in [-0.15, -0.1) is 5.10 Å². The van der Waals surface area contributed by atoms with Crippen LogP contribution in [-0.2, 0) is 0 Å². The molecule has 0 amide bonds. The minimum atomic E-state index is 0.944. The summed E-state index contributed by atoms with van der Waals surface area (Å²) in [5.74, 6) is 0. The lowest BCUT2D eigenvalue weighted by Gasteiger charge is -2.08. The second-order valence-corrected chi connectivity index (χ2v) is 4.81. The minimum absolute atomic E-state index is 0.944. The van der Waals surface area contributed by atoms with Crippen LogP contribution in [0.1, 0.15) is 0 Å². The Kier molecular flexibility index (Phi) is 2.46. The van der Waals surface area contributed by atoms with Crippen molar-refractivity contribution in [2.45, 2.75) is 0 Å². The predicted octanol–water partition coefficient (Wildman–Crippen LogP) is 4.45. The van der Waals surface area contributed by atoms with E-state index in [-0.39, 0.29) is 0 Å². The molecular formula is C18H12N2. The van der Waals surface area contributed by atoms with Crippen molar-refractivity contribution in [1.82, 2.24) is 10.2 Å². The molecule has 0 saturated heterocycles. The highest BCUT2D eigenvalue weighted by molar-refractivity contribution is 6.03. The van der Waals surface area contributed by atoms with Crippen LogP contribution >= 0.6 is 0 Å². The Morgan fingerprint density at radius 2 is 1.30 bits per heavy atom. The zero-order chi connectivity index (χ0) is 13.4. The van der Waals surface area contributed by atoms with Gasteiger partial charge < -0.3 is 0 Å². The highest BCUT2D eigenvalue weighted by Gasteiger charge is 2.08. The van der Waals surface area contributed by atoms with Crippen LogP contribution in [0.5, 0.6) is 0 Å². The number of fused-ring (bicyclic) bond motifs is 2. The van der Waals surface area contributed by atoms with Gasteiger partial charge in [0.15, 0.2) is 0 Å². The van der Waals surface area contributed by atoms with Crippen molar-refractivity contribution >= 4 is 21.5 Å². The fourth-order valence-corrected chi connectivity index (χ4v) is 2.66. The molecule has 3 aromatic carbocycles. The Morgan fingerprint density at radius 3 is 2.20 bits per heavy atom. The number of hydrogen-bond donors (Lipinski definition) is 0. The first-order valence-corrected chi connectivity index (χ1v) is 6.62. The molecule has 0 spiro atoms. The molecule has 0 atom stereocenters. The van der Waals surface area contributed by atoms with Gasteiger partial charge in [-0.2, -0.15) is 5.10 Å². The van der Waals surface area contributed by atoms with Crippen LogP contribution in [0.4, 0.5) is 0 Å². The molecule has 2 nitrogen and oxygen atoms in total. The summed E-state index contributed by atoms with van der Waals surface area (Å²) in [5, 5.41) is 13.2. The van der Waals surface area contributed by atoms with Gasteiger partial charge in [0.05, 0.1) is 6.20 Å². The van der Waals surface area contributed by atoms with E-state index in [4.69, 9.17) is 0 Å². The molecule has 4 aromatic rings. The lowest BCUT2D eigenvalue weighted by atomic mass is 9.99. The Bertz CT molecular complexity index is 825. The number of benzene rings is 3. The summed E-state index contributed by atoms with van der Waals surface area (Å²) in [6.45, 7) is 0. The summed E-state index contributed by atoms with van der Waals surface area (Å²) >= 11 is 0. The third-order valence-corrected chi connectivity index (χ3v) is 3.62. The van der Waals surface area contributed by atoms with Crippen molar-refractivity contribution in [2.24, 2.45) is 0 Å². The average Bonchev–Trinajstić information content (AvgIpc) is 2.54. The highest BCUT2D eigenvalue weighted by atomic mass is 15.1. The molecular weight excluding hydrogens is 244 g/mol. The molecule has 94 valence electrons. The molecule has 0 radical (unpaired) electrons. The van der Waals surface area contributed by atoms with Gasteiger partial charge in [0, 0.05) is 16.3 Å². The summed E-state index contributed by atoms with van der Waals surface area (Å²) < 4.78 is 0. The Labute approximate surface area is 116 Å². The number of nitrogens with zero attached hydrogens (tertiary/aromatic N) is 2. The van der Waals surface area contributed by atoms with Gasteiger partial charge in [-0.05, 0) is 10.8 Å². The Morgan fingerprint density at radius 1 is 0.600 bits per heavy atom. The molecule has 1 heterocycles. The van der Waals surface area contributed by atoms with Crippen LogP contribution in [0, 0.1) is 0 Å². The zero-order valence-corrected chi connectivity index (χ0v) is 10.8. The van der Waals surface area contributed by atoms with E-state index < -0.39 is 0 Å². The second-order valence-electron chi connectivity index (χ2n) is 4.81. The first-order chi connectivity index (χ1) is 9.93. The van der Waals surface area contributed by atoms with Gasteiger partial charge in [-0.3, -0.25) is 0 Å². The van der Waals surface area contributed by atoms with Crippen molar-refractivity contribution in [3.8, 4) is 11.3 Å². The monoisotopic (exact) mass is 256 g/mol. The van der Waals surface area contributed by atoms with Crippen LogP contribution in [0.25, 0.3) is 32.8 Å². The predicted molar refractivity (Wildman–Crippen MR) is 82.5 cm³/mol. The molecule has 1 aromatic heterocycles. The molecule has 0 unspecified atom stereocenters. The normalized spacial score (nSPS) is 11.0. The van der Waals surface area contributed by atoms with Crippen LogP contribution in [0.3, 0.4) is 0 Å². The lowest BCUT2D eigenvalue weighted by Crippen LogP contribution is -1.90. The summed E-state index contributed by atoms with van der Waals surface area (Å²) in [6.07, 6.45) is 1.81. The lowest BCUT2D eigenvalue weighted by molar-refractivity contribution is 1.06. The van der Waals surface area contributed by atoms with Gasteiger partial charge in [-0.1, -0.05) is 66.7 Å². The fraction of sp³-hybridized carbons (Fsp3) is 0. The van der Waals surface area contributed by atoms with E-state index in [9.17, 15) is 0 Å². The van der Waals surface area contributed by atoms with Crippen molar-refractivity contribution in [3.05, 3.63) is 72.9 Å². The molecule has 0 aliphatic rings. The first kappa shape index (κ1) is 11.1. The Hall–Kier alpha value is -2.74. The number of rotatable bonds is 1. The molecule has 0 bridgehead atoms. The van der Waals surface area contributed by atoms with Crippen LogP contribution in [0.15, 0.2) is 72.9 Å². The summed E-state index contributed by atoms with van der Waals surface area (Å²) in [4.78, 5) is 0. The van der Waals surface area contributed by atoms with Gasteiger partial charge in [0.2, 0.25) is 0 Å². The van der Waals surface area contributed by atoms with E-state index in [0.717, 1.165) is 22.0 Å². The number of hydrogen-bond acceptors (Lipinski definition) is 2. The fourth-order valence-electron chi connectivity index (χ4n) is 2.66. The maximum atomic E-state index is 4.38. The maximum Gasteiger partial charge on any atom is 0.101 e. The van der Waals surface area contributed by atoms with Gasteiger partial charge in [-0.25, -0.2) is 0 Å². The van der Waals surface area contributed by atoms with E-state index in [1.165, 1.54) is 10.8 Å². The summed E-state index contributed by atoms with van der Waals surface area (Å²) in [5.41, 5.74) is 2.08.